The zero-order valence-electron chi connectivity index (χ0n) is 15.2. The minimum atomic E-state index is 0.159. The molecule has 2 aromatic carbocycles. The van der Waals surface area contributed by atoms with E-state index in [0.717, 1.165) is 37.2 Å². The fraction of sp³-hybridized carbons (Fsp3) is 0.273. The van der Waals surface area contributed by atoms with Crippen molar-refractivity contribution in [2.24, 2.45) is 0 Å². The molecule has 1 aliphatic heterocycles. The summed E-state index contributed by atoms with van der Waals surface area (Å²) in [5, 5.41) is 13.8. The number of hydrogen-bond acceptors (Lipinski definition) is 3. The number of hydrogen-bond donors (Lipinski definition) is 1. The van der Waals surface area contributed by atoms with Crippen LogP contribution in [0.1, 0.15) is 29.9 Å². The van der Waals surface area contributed by atoms with Gasteiger partial charge in [-0.25, -0.2) is 4.68 Å². The molecule has 0 radical (unpaired) electrons. The molecule has 3 aromatic rings. The predicted octanol–water partition coefficient (Wildman–Crippen LogP) is 3.53. The lowest BCUT2D eigenvalue weighted by Crippen LogP contribution is -2.38. The zero-order chi connectivity index (χ0) is 18.6. The SMILES string of the molecule is O=C(Cc1cnn(-c2ccccc2)c1)N1CCC(c2ccc(O)cc2)CC1. The number of piperidine rings is 1. The van der Waals surface area contributed by atoms with Gasteiger partial charge in [0, 0.05) is 19.3 Å². The van der Waals surface area contributed by atoms with Crippen LogP contribution in [0.3, 0.4) is 0 Å². The topological polar surface area (TPSA) is 58.4 Å². The first-order valence-electron chi connectivity index (χ1n) is 9.35. The molecule has 0 spiro atoms. The number of para-hydroxylation sites is 1. The number of aromatic hydroxyl groups is 1. The van der Waals surface area contributed by atoms with Crippen LogP contribution in [-0.4, -0.2) is 38.8 Å². The van der Waals surface area contributed by atoms with Crippen LogP contribution in [0.15, 0.2) is 67.0 Å². The molecule has 138 valence electrons. The van der Waals surface area contributed by atoms with Crippen LogP contribution in [0, 0.1) is 0 Å². The van der Waals surface area contributed by atoms with Crippen LogP contribution < -0.4 is 0 Å². The number of phenolic OH excluding ortho intramolecular Hbond substituents is 1. The fourth-order valence-corrected chi connectivity index (χ4v) is 3.67. The van der Waals surface area contributed by atoms with Crippen LogP contribution in [0.5, 0.6) is 5.75 Å². The van der Waals surface area contributed by atoms with Crippen molar-refractivity contribution < 1.29 is 9.90 Å². The van der Waals surface area contributed by atoms with Crippen LogP contribution in [0.25, 0.3) is 5.69 Å². The number of amides is 1. The molecule has 5 nitrogen and oxygen atoms in total. The molecule has 1 aromatic heterocycles. The van der Waals surface area contributed by atoms with Crippen molar-refractivity contribution in [3.8, 4) is 11.4 Å². The standard InChI is InChI=1S/C22H23N3O2/c26-21-8-6-18(7-9-21)19-10-12-24(13-11-19)22(27)14-17-15-23-25(16-17)20-4-2-1-3-5-20/h1-9,15-16,19,26H,10-14H2. The number of rotatable bonds is 4. The van der Waals surface area contributed by atoms with Gasteiger partial charge in [-0.15, -0.1) is 0 Å². The van der Waals surface area contributed by atoms with Crippen molar-refractivity contribution in [2.45, 2.75) is 25.2 Å². The predicted molar refractivity (Wildman–Crippen MR) is 104 cm³/mol. The van der Waals surface area contributed by atoms with Gasteiger partial charge in [0.1, 0.15) is 5.75 Å². The third-order valence-electron chi connectivity index (χ3n) is 5.22. The Labute approximate surface area is 158 Å². The highest BCUT2D eigenvalue weighted by molar-refractivity contribution is 5.78. The number of benzene rings is 2. The summed E-state index contributed by atoms with van der Waals surface area (Å²) in [5.74, 6) is 0.907. The Morgan fingerprint density at radius 3 is 2.44 bits per heavy atom. The smallest absolute Gasteiger partial charge is 0.227 e. The molecule has 1 amide bonds. The molecule has 1 fully saturated rings. The van der Waals surface area contributed by atoms with Crippen LogP contribution in [0.4, 0.5) is 0 Å². The van der Waals surface area contributed by atoms with Crippen LogP contribution in [-0.2, 0) is 11.2 Å². The zero-order valence-corrected chi connectivity index (χ0v) is 15.2. The van der Waals surface area contributed by atoms with E-state index in [1.165, 1.54) is 5.56 Å². The van der Waals surface area contributed by atoms with Gasteiger partial charge in [-0.05, 0) is 54.2 Å². The minimum Gasteiger partial charge on any atom is -0.508 e. The molecular weight excluding hydrogens is 338 g/mol. The minimum absolute atomic E-state index is 0.159. The first-order chi connectivity index (χ1) is 13.2. The molecule has 2 heterocycles. The fourth-order valence-electron chi connectivity index (χ4n) is 3.67. The third-order valence-corrected chi connectivity index (χ3v) is 5.22. The average Bonchev–Trinajstić information content (AvgIpc) is 3.18. The highest BCUT2D eigenvalue weighted by atomic mass is 16.3. The monoisotopic (exact) mass is 361 g/mol. The molecule has 0 saturated carbocycles. The molecular formula is C22H23N3O2. The van der Waals surface area contributed by atoms with E-state index in [1.54, 1.807) is 23.0 Å². The summed E-state index contributed by atoms with van der Waals surface area (Å²) in [7, 11) is 0. The van der Waals surface area contributed by atoms with Crippen molar-refractivity contribution in [3.05, 3.63) is 78.1 Å². The third kappa shape index (κ3) is 4.03. The van der Waals surface area contributed by atoms with Gasteiger partial charge in [-0.1, -0.05) is 30.3 Å². The van der Waals surface area contributed by atoms with Crippen LogP contribution in [0.2, 0.25) is 0 Å². The maximum absolute atomic E-state index is 12.7. The number of likely N-dealkylation sites (tertiary alicyclic amines) is 1. The highest BCUT2D eigenvalue weighted by Crippen LogP contribution is 2.29. The Balaban J connectivity index is 1.33. The van der Waals surface area contributed by atoms with Gasteiger partial charge in [-0.2, -0.15) is 5.10 Å². The summed E-state index contributed by atoms with van der Waals surface area (Å²) in [6, 6.07) is 17.3. The van der Waals surface area contributed by atoms with E-state index >= 15 is 0 Å². The van der Waals surface area contributed by atoms with Gasteiger partial charge < -0.3 is 10.0 Å². The molecule has 0 aliphatic carbocycles. The van der Waals surface area contributed by atoms with E-state index in [2.05, 4.69) is 5.10 Å². The summed E-state index contributed by atoms with van der Waals surface area (Å²) < 4.78 is 1.81. The normalized spacial score (nSPS) is 15.0. The van der Waals surface area contributed by atoms with Gasteiger partial charge >= 0.3 is 0 Å². The van der Waals surface area contributed by atoms with E-state index in [1.807, 2.05) is 53.6 Å². The maximum Gasteiger partial charge on any atom is 0.227 e. The van der Waals surface area contributed by atoms with Gasteiger partial charge in [-0.3, -0.25) is 4.79 Å². The van der Waals surface area contributed by atoms with E-state index in [-0.39, 0.29) is 5.91 Å². The van der Waals surface area contributed by atoms with Crippen LogP contribution >= 0.6 is 0 Å². The molecule has 5 heteroatoms. The molecule has 0 atom stereocenters. The molecule has 1 saturated heterocycles. The Morgan fingerprint density at radius 1 is 1.04 bits per heavy atom. The van der Waals surface area contributed by atoms with Crippen molar-refractivity contribution in [1.82, 2.24) is 14.7 Å². The van der Waals surface area contributed by atoms with Gasteiger partial charge in [0.2, 0.25) is 5.91 Å². The summed E-state index contributed by atoms with van der Waals surface area (Å²) >= 11 is 0. The van der Waals surface area contributed by atoms with Crippen molar-refractivity contribution in [3.63, 3.8) is 0 Å². The lowest BCUT2D eigenvalue weighted by atomic mass is 9.89. The number of carbonyl (C=O) groups excluding carboxylic acids is 1. The van der Waals surface area contributed by atoms with E-state index in [0.29, 0.717) is 18.1 Å². The summed E-state index contributed by atoms with van der Waals surface area (Å²) in [6.07, 6.45) is 6.00. The summed E-state index contributed by atoms with van der Waals surface area (Å²) in [6.45, 7) is 1.55. The lowest BCUT2D eigenvalue weighted by Gasteiger charge is -2.32. The van der Waals surface area contributed by atoms with Gasteiger partial charge in [0.05, 0.1) is 18.3 Å². The van der Waals surface area contributed by atoms with E-state index < -0.39 is 0 Å². The number of aromatic nitrogens is 2. The second-order valence-corrected chi connectivity index (χ2v) is 7.05. The molecule has 1 N–H and O–H groups in total. The first-order valence-corrected chi connectivity index (χ1v) is 9.35. The molecule has 1 aliphatic rings. The van der Waals surface area contributed by atoms with Crippen molar-refractivity contribution in [1.29, 1.82) is 0 Å². The Bertz CT molecular complexity index is 895. The number of nitrogens with zero attached hydrogens (tertiary/aromatic N) is 3. The number of carbonyl (C=O) groups is 1. The quantitative estimate of drug-likeness (QED) is 0.773. The molecule has 0 unspecified atom stereocenters. The van der Waals surface area contributed by atoms with Crippen molar-refractivity contribution in [2.75, 3.05) is 13.1 Å². The highest BCUT2D eigenvalue weighted by Gasteiger charge is 2.24. The Hall–Kier alpha value is -3.08. The largest absolute Gasteiger partial charge is 0.508 e. The van der Waals surface area contributed by atoms with E-state index in [9.17, 15) is 9.90 Å². The average molecular weight is 361 g/mol. The maximum atomic E-state index is 12.7. The molecule has 0 bridgehead atoms. The number of phenols is 1. The summed E-state index contributed by atoms with van der Waals surface area (Å²) in [4.78, 5) is 14.6. The summed E-state index contributed by atoms with van der Waals surface area (Å²) in [5.41, 5.74) is 3.17. The Kier molecular flexibility index (Phi) is 4.92. The lowest BCUT2D eigenvalue weighted by molar-refractivity contribution is -0.131. The Morgan fingerprint density at radius 2 is 1.74 bits per heavy atom. The second-order valence-electron chi connectivity index (χ2n) is 7.05. The van der Waals surface area contributed by atoms with Crippen molar-refractivity contribution >= 4 is 5.91 Å². The van der Waals surface area contributed by atoms with Gasteiger partial charge in [0.25, 0.3) is 0 Å². The van der Waals surface area contributed by atoms with Gasteiger partial charge in [0.15, 0.2) is 0 Å². The van der Waals surface area contributed by atoms with E-state index in [4.69, 9.17) is 0 Å². The molecule has 27 heavy (non-hydrogen) atoms. The second kappa shape index (κ2) is 7.66. The first kappa shape index (κ1) is 17.3. The molecule has 4 rings (SSSR count).